The molecule has 3 rings (SSSR count). The molecule has 1 aromatic carbocycles. The second-order valence-corrected chi connectivity index (χ2v) is 23.3. The van der Waals surface area contributed by atoms with Gasteiger partial charge in [0, 0.05) is 51.1 Å². The van der Waals surface area contributed by atoms with Gasteiger partial charge in [-0.3, -0.25) is 24.0 Å². The van der Waals surface area contributed by atoms with Crippen LogP contribution < -0.4 is 27.0 Å². The molecule has 2 heterocycles. The first-order chi connectivity index (χ1) is 27.6. The Hall–Kier alpha value is -3.10. The number of aliphatic carboxylic acids is 1. The van der Waals surface area contributed by atoms with Crippen molar-refractivity contribution in [2.75, 3.05) is 45.2 Å². The molecule has 2 aromatic rings. The summed E-state index contributed by atoms with van der Waals surface area (Å²) in [7, 11) is 9.91. The molecule has 0 aliphatic carbocycles. The van der Waals surface area contributed by atoms with E-state index in [4.69, 9.17) is 5.73 Å². The van der Waals surface area contributed by atoms with E-state index >= 15 is 0 Å². The van der Waals surface area contributed by atoms with Gasteiger partial charge in [-0.25, -0.2) is 4.79 Å². The summed E-state index contributed by atoms with van der Waals surface area (Å²) in [4.78, 5) is 87.2. The molecular weight excluding hydrogens is 833 g/mol. The van der Waals surface area contributed by atoms with E-state index in [-0.39, 0.29) is 34.6 Å². The summed E-state index contributed by atoms with van der Waals surface area (Å²) in [5.74, 6) is -3.40. The van der Waals surface area contributed by atoms with Gasteiger partial charge in [0.05, 0.1) is 12.6 Å². The molecule has 0 bridgehead atoms. The topological polar surface area (TPSA) is 219 Å². The van der Waals surface area contributed by atoms with E-state index in [9.17, 15) is 33.9 Å². The highest BCUT2D eigenvalue weighted by atomic mass is 33.1. The standard InChI is InChI=1S/C40H64N8O7S4/c1-39(2,3)58-56-23-27(41)34(50)43-22-33(49)44-29(16-11-12-18-47(7)8)35(51)45-30(20-25-21-42-28-15-10-9-14-26(25)28)36(52)46-31(24-57-59-40(4,5)6)37(53)48-19-13-17-32(48)38(54)55/h9-10,14-15,21,27,29-32,42H,11-13,16-20,22-24,41H2,1-8H3,(H,43,50)(H,44,49)(H,45,51)(H,46,52)(H,54,55)/t27-,29-,30-,31-,32-/m0/s1. The molecule has 19 heteroatoms. The third-order valence-corrected chi connectivity index (χ3v) is 15.8. The van der Waals surface area contributed by atoms with Crippen molar-refractivity contribution >= 4 is 89.6 Å². The zero-order valence-electron chi connectivity index (χ0n) is 35.6. The number of nitrogens with one attached hydrogen (secondary N) is 5. The summed E-state index contributed by atoms with van der Waals surface area (Å²) < 4.78 is -0.170. The fourth-order valence-electron chi connectivity index (χ4n) is 6.16. The Labute approximate surface area is 364 Å². The Morgan fingerprint density at radius 3 is 2.15 bits per heavy atom. The zero-order valence-corrected chi connectivity index (χ0v) is 38.8. The van der Waals surface area contributed by atoms with Gasteiger partial charge in [0.15, 0.2) is 0 Å². The van der Waals surface area contributed by atoms with Crippen molar-refractivity contribution < 1.29 is 33.9 Å². The molecule has 1 aliphatic rings. The number of carbonyl (C=O) groups excluding carboxylic acids is 5. The third kappa shape index (κ3) is 17.8. The van der Waals surface area contributed by atoms with Crippen LogP contribution in [0.25, 0.3) is 10.9 Å². The minimum absolute atomic E-state index is 0.0133. The van der Waals surface area contributed by atoms with Crippen LogP contribution in [-0.4, -0.2) is 140 Å². The fourth-order valence-corrected chi connectivity index (χ4v) is 11.0. The number of nitrogens with two attached hydrogens (primary N) is 1. The minimum atomic E-state index is -1.19. The molecular formula is C40H64N8O7S4. The molecule has 15 nitrogen and oxygen atoms in total. The smallest absolute Gasteiger partial charge is 0.326 e. The van der Waals surface area contributed by atoms with E-state index in [1.807, 2.05) is 64.0 Å². The molecule has 1 aromatic heterocycles. The van der Waals surface area contributed by atoms with E-state index in [1.54, 1.807) is 17.0 Å². The molecule has 5 atom stereocenters. The van der Waals surface area contributed by atoms with Gasteiger partial charge >= 0.3 is 5.97 Å². The second-order valence-electron chi connectivity index (χ2n) is 16.9. The van der Waals surface area contributed by atoms with Gasteiger partial charge in [0.1, 0.15) is 24.2 Å². The number of carboxylic acid groups (broad SMARTS) is 1. The lowest BCUT2D eigenvalue weighted by atomic mass is 10.0. The lowest BCUT2D eigenvalue weighted by Crippen LogP contribution is -2.59. The molecule has 0 unspecified atom stereocenters. The van der Waals surface area contributed by atoms with Crippen LogP contribution in [-0.2, 0) is 35.2 Å². The number of hydrogen-bond acceptors (Lipinski definition) is 12. The average Bonchev–Trinajstić information content (AvgIpc) is 3.81. The summed E-state index contributed by atoms with van der Waals surface area (Å²) >= 11 is 0. The monoisotopic (exact) mass is 896 g/mol. The number of H-pyrrole nitrogens is 1. The van der Waals surface area contributed by atoms with Crippen molar-refractivity contribution in [2.45, 2.75) is 120 Å². The number of amides is 5. The first-order valence-corrected chi connectivity index (χ1v) is 24.6. The lowest BCUT2D eigenvalue weighted by Gasteiger charge is -2.29. The molecule has 0 radical (unpaired) electrons. The summed E-state index contributed by atoms with van der Waals surface area (Å²) in [5, 5.41) is 21.8. The number of benzene rings is 1. The van der Waals surface area contributed by atoms with Crippen molar-refractivity contribution in [2.24, 2.45) is 5.73 Å². The Bertz CT molecular complexity index is 1730. The molecule has 330 valence electrons. The van der Waals surface area contributed by atoms with Crippen LogP contribution in [0.3, 0.4) is 0 Å². The zero-order chi connectivity index (χ0) is 43.9. The summed E-state index contributed by atoms with van der Waals surface area (Å²) in [6.07, 6.45) is 4.24. The van der Waals surface area contributed by atoms with E-state index in [0.29, 0.717) is 25.0 Å². The van der Waals surface area contributed by atoms with Crippen molar-refractivity contribution in [3.05, 3.63) is 36.0 Å². The largest absolute Gasteiger partial charge is 0.480 e. The molecule has 1 saturated heterocycles. The normalized spacial score (nSPS) is 16.6. The number of fused-ring (bicyclic) bond motifs is 1. The van der Waals surface area contributed by atoms with Gasteiger partial charge < -0.3 is 46.9 Å². The molecule has 5 amide bonds. The Morgan fingerprint density at radius 1 is 0.881 bits per heavy atom. The van der Waals surface area contributed by atoms with Gasteiger partial charge in [0.2, 0.25) is 29.5 Å². The second kappa shape index (κ2) is 23.8. The van der Waals surface area contributed by atoms with Crippen molar-refractivity contribution in [3.8, 4) is 0 Å². The van der Waals surface area contributed by atoms with Crippen molar-refractivity contribution in [1.82, 2.24) is 36.1 Å². The predicted octanol–water partition coefficient (Wildman–Crippen LogP) is 3.78. The molecule has 0 spiro atoms. The molecule has 0 saturated carbocycles. The Balaban J connectivity index is 1.85. The highest BCUT2D eigenvalue weighted by molar-refractivity contribution is 8.77. The van der Waals surface area contributed by atoms with Crippen LogP contribution in [0.4, 0.5) is 0 Å². The van der Waals surface area contributed by atoms with E-state index < -0.39 is 72.3 Å². The number of carbonyl (C=O) groups is 6. The number of rotatable bonds is 23. The van der Waals surface area contributed by atoms with Crippen molar-refractivity contribution in [3.63, 3.8) is 0 Å². The highest BCUT2D eigenvalue weighted by Crippen LogP contribution is 2.36. The molecule has 59 heavy (non-hydrogen) atoms. The number of nitrogens with zero attached hydrogens (tertiary/aromatic N) is 2. The van der Waals surface area contributed by atoms with Gasteiger partial charge in [-0.15, -0.1) is 0 Å². The average molecular weight is 897 g/mol. The van der Waals surface area contributed by atoms with Gasteiger partial charge in [-0.2, -0.15) is 0 Å². The first kappa shape index (κ1) is 50.3. The van der Waals surface area contributed by atoms with Gasteiger partial charge in [-0.05, 0) is 64.4 Å². The SMILES string of the molecule is CN(C)CCCC[C@H](NC(=O)CNC(=O)[C@@H](N)CSSC(C)(C)C)C(=O)N[C@@H](Cc1c[nH]c2ccccc12)C(=O)N[C@@H](CSSC(C)(C)C)C(=O)N1CCC[C@H]1C(=O)O. The lowest BCUT2D eigenvalue weighted by molar-refractivity contribution is -0.149. The van der Waals surface area contributed by atoms with Crippen LogP contribution in [0.2, 0.25) is 0 Å². The number of hydrogen-bond donors (Lipinski definition) is 7. The fraction of sp³-hybridized carbons (Fsp3) is 0.650. The van der Waals surface area contributed by atoms with Crippen LogP contribution in [0.15, 0.2) is 30.5 Å². The maximum absolute atomic E-state index is 14.4. The predicted molar refractivity (Wildman–Crippen MR) is 243 cm³/mol. The highest BCUT2D eigenvalue weighted by Gasteiger charge is 2.39. The number of likely N-dealkylation sites (tertiary alicyclic amines) is 1. The van der Waals surface area contributed by atoms with E-state index in [1.165, 1.54) is 37.3 Å². The number of aromatic amines is 1. The van der Waals surface area contributed by atoms with E-state index in [0.717, 1.165) is 29.4 Å². The molecule has 8 N–H and O–H groups in total. The number of unbranched alkanes of at least 4 members (excludes halogenated alkanes) is 1. The number of aromatic nitrogens is 1. The molecule has 1 fully saturated rings. The quantitative estimate of drug-likeness (QED) is 0.0625. The van der Waals surface area contributed by atoms with Gasteiger partial charge in [-0.1, -0.05) is 103 Å². The Morgan fingerprint density at radius 2 is 1.51 bits per heavy atom. The number of para-hydroxylation sites is 1. The van der Waals surface area contributed by atoms with Crippen LogP contribution in [0.5, 0.6) is 0 Å². The Kier molecular flexibility index (Phi) is 20.3. The summed E-state index contributed by atoms with van der Waals surface area (Å²) in [5.41, 5.74) is 7.66. The van der Waals surface area contributed by atoms with Crippen LogP contribution in [0.1, 0.15) is 79.2 Å². The maximum Gasteiger partial charge on any atom is 0.326 e. The van der Waals surface area contributed by atoms with Gasteiger partial charge in [0.25, 0.3) is 0 Å². The maximum atomic E-state index is 14.4. The summed E-state index contributed by atoms with van der Waals surface area (Å²) in [6, 6.07) is 2.41. The van der Waals surface area contributed by atoms with Crippen LogP contribution in [0, 0.1) is 0 Å². The minimum Gasteiger partial charge on any atom is -0.480 e. The molecule has 1 aliphatic heterocycles. The van der Waals surface area contributed by atoms with E-state index in [2.05, 4.69) is 47.0 Å². The summed E-state index contributed by atoms with van der Waals surface area (Å²) in [6.45, 7) is 12.9. The van der Waals surface area contributed by atoms with Crippen molar-refractivity contribution in [1.29, 1.82) is 0 Å². The third-order valence-electron chi connectivity index (χ3n) is 9.03. The number of carboxylic acids is 1. The van der Waals surface area contributed by atoms with Crippen LogP contribution >= 0.6 is 43.2 Å². The first-order valence-electron chi connectivity index (χ1n) is 19.9.